The second kappa shape index (κ2) is 6.50. The Morgan fingerprint density at radius 1 is 1.42 bits per heavy atom. The van der Waals surface area contributed by atoms with Crippen molar-refractivity contribution >= 4 is 5.97 Å². The predicted molar refractivity (Wildman–Crippen MR) is 70.4 cm³/mol. The number of carboxylic acids is 1. The molecule has 1 N–H and O–H groups in total. The highest BCUT2D eigenvalue weighted by molar-refractivity contribution is 5.67. The first-order valence-electron chi connectivity index (χ1n) is 6.82. The number of carboxylic acid groups (broad SMARTS) is 1. The van der Waals surface area contributed by atoms with E-state index in [0.29, 0.717) is 18.2 Å². The summed E-state index contributed by atoms with van der Waals surface area (Å²) in [5, 5.41) is 8.72. The van der Waals surface area contributed by atoms with Gasteiger partial charge < -0.3 is 9.84 Å². The SMILES string of the molecule is COc1nc(C2CCCCC2)ncc1CCC(=O)O. The summed E-state index contributed by atoms with van der Waals surface area (Å²) in [6, 6.07) is 0. The summed E-state index contributed by atoms with van der Waals surface area (Å²) in [7, 11) is 1.57. The van der Waals surface area contributed by atoms with Crippen LogP contribution in [-0.2, 0) is 11.2 Å². The van der Waals surface area contributed by atoms with Gasteiger partial charge in [0, 0.05) is 24.1 Å². The van der Waals surface area contributed by atoms with Crippen LogP contribution in [0, 0.1) is 0 Å². The Bertz CT molecular complexity index is 442. The average Bonchev–Trinajstić information content (AvgIpc) is 2.45. The minimum Gasteiger partial charge on any atom is -0.481 e. The molecule has 0 saturated heterocycles. The van der Waals surface area contributed by atoms with E-state index < -0.39 is 5.97 Å². The lowest BCUT2D eigenvalue weighted by molar-refractivity contribution is -0.136. The minimum absolute atomic E-state index is 0.0719. The van der Waals surface area contributed by atoms with Gasteiger partial charge in [0.25, 0.3) is 0 Å². The number of ether oxygens (including phenoxy) is 1. The van der Waals surface area contributed by atoms with Crippen LogP contribution >= 0.6 is 0 Å². The number of hydrogen-bond acceptors (Lipinski definition) is 4. The van der Waals surface area contributed by atoms with E-state index in [-0.39, 0.29) is 6.42 Å². The van der Waals surface area contributed by atoms with E-state index in [1.807, 2.05) is 0 Å². The van der Waals surface area contributed by atoms with Crippen LogP contribution in [0.2, 0.25) is 0 Å². The Morgan fingerprint density at radius 2 is 2.16 bits per heavy atom. The summed E-state index contributed by atoms with van der Waals surface area (Å²) in [6.45, 7) is 0. The maximum absolute atomic E-state index is 10.6. The molecule has 19 heavy (non-hydrogen) atoms. The fourth-order valence-electron chi connectivity index (χ4n) is 2.55. The zero-order valence-electron chi connectivity index (χ0n) is 11.3. The van der Waals surface area contributed by atoms with Crippen molar-refractivity contribution in [2.75, 3.05) is 7.11 Å². The van der Waals surface area contributed by atoms with Crippen molar-refractivity contribution in [3.8, 4) is 5.88 Å². The molecule has 1 aliphatic rings. The molecule has 0 aliphatic heterocycles. The molecule has 1 aliphatic carbocycles. The summed E-state index contributed by atoms with van der Waals surface area (Å²) in [6.07, 6.45) is 8.23. The normalized spacial score (nSPS) is 16.3. The zero-order valence-corrected chi connectivity index (χ0v) is 11.3. The number of aliphatic carboxylic acids is 1. The molecule has 1 heterocycles. The van der Waals surface area contributed by atoms with E-state index in [4.69, 9.17) is 9.84 Å². The Hall–Kier alpha value is -1.65. The molecule has 0 bridgehead atoms. The Labute approximate surface area is 113 Å². The molecule has 1 saturated carbocycles. The summed E-state index contributed by atoms with van der Waals surface area (Å²) in [5.41, 5.74) is 0.768. The van der Waals surface area contributed by atoms with Gasteiger partial charge in [-0.15, -0.1) is 0 Å². The molecular formula is C14H20N2O3. The Balaban J connectivity index is 2.12. The summed E-state index contributed by atoms with van der Waals surface area (Å²) in [5.74, 6) is 0.974. The Kier molecular flexibility index (Phi) is 4.71. The highest BCUT2D eigenvalue weighted by Gasteiger charge is 2.19. The third-order valence-corrected chi connectivity index (χ3v) is 3.62. The lowest BCUT2D eigenvalue weighted by Crippen LogP contribution is -2.11. The van der Waals surface area contributed by atoms with E-state index in [1.165, 1.54) is 19.3 Å². The monoisotopic (exact) mass is 264 g/mol. The molecule has 5 nitrogen and oxygen atoms in total. The number of methoxy groups -OCH3 is 1. The second-order valence-corrected chi connectivity index (χ2v) is 4.99. The first-order valence-corrected chi connectivity index (χ1v) is 6.82. The van der Waals surface area contributed by atoms with Crippen LogP contribution in [0.3, 0.4) is 0 Å². The van der Waals surface area contributed by atoms with E-state index in [9.17, 15) is 4.79 Å². The molecule has 0 amide bonds. The van der Waals surface area contributed by atoms with E-state index in [2.05, 4.69) is 9.97 Å². The van der Waals surface area contributed by atoms with Crippen molar-refractivity contribution in [2.24, 2.45) is 0 Å². The van der Waals surface area contributed by atoms with Crippen molar-refractivity contribution in [2.45, 2.75) is 50.9 Å². The van der Waals surface area contributed by atoms with Gasteiger partial charge in [0.2, 0.25) is 5.88 Å². The van der Waals surface area contributed by atoms with E-state index >= 15 is 0 Å². The largest absolute Gasteiger partial charge is 0.481 e. The van der Waals surface area contributed by atoms with Gasteiger partial charge in [0.1, 0.15) is 5.82 Å². The molecule has 0 spiro atoms. The predicted octanol–water partition coefficient (Wildman–Crippen LogP) is 2.55. The maximum Gasteiger partial charge on any atom is 0.303 e. The minimum atomic E-state index is -0.821. The molecule has 2 rings (SSSR count). The van der Waals surface area contributed by atoms with Gasteiger partial charge in [-0.25, -0.2) is 4.98 Å². The smallest absolute Gasteiger partial charge is 0.303 e. The highest BCUT2D eigenvalue weighted by atomic mass is 16.5. The van der Waals surface area contributed by atoms with Crippen LogP contribution in [0.25, 0.3) is 0 Å². The van der Waals surface area contributed by atoms with Crippen LogP contribution < -0.4 is 4.74 Å². The van der Waals surface area contributed by atoms with Crippen LogP contribution in [0.1, 0.15) is 55.8 Å². The van der Waals surface area contributed by atoms with Gasteiger partial charge >= 0.3 is 5.97 Å². The van der Waals surface area contributed by atoms with Crippen molar-refractivity contribution in [1.29, 1.82) is 0 Å². The van der Waals surface area contributed by atoms with Crippen molar-refractivity contribution in [3.05, 3.63) is 17.6 Å². The third kappa shape index (κ3) is 3.66. The molecule has 104 valence electrons. The lowest BCUT2D eigenvalue weighted by atomic mass is 9.88. The first kappa shape index (κ1) is 13.8. The number of aromatic nitrogens is 2. The fourth-order valence-corrected chi connectivity index (χ4v) is 2.55. The van der Waals surface area contributed by atoms with Gasteiger partial charge in [-0.2, -0.15) is 4.98 Å². The van der Waals surface area contributed by atoms with Crippen LogP contribution in [0.5, 0.6) is 5.88 Å². The van der Waals surface area contributed by atoms with Crippen LogP contribution in [0.15, 0.2) is 6.20 Å². The standard InChI is InChI=1S/C14H20N2O3/c1-19-14-11(7-8-12(17)18)9-15-13(16-14)10-5-3-2-4-6-10/h9-10H,2-8H2,1H3,(H,17,18). The summed E-state index contributed by atoms with van der Waals surface area (Å²) < 4.78 is 5.27. The van der Waals surface area contributed by atoms with Crippen LogP contribution in [0.4, 0.5) is 0 Å². The lowest BCUT2D eigenvalue weighted by Gasteiger charge is -2.20. The van der Waals surface area contributed by atoms with E-state index in [1.54, 1.807) is 13.3 Å². The van der Waals surface area contributed by atoms with Crippen molar-refractivity contribution in [3.63, 3.8) is 0 Å². The number of nitrogens with zero attached hydrogens (tertiary/aromatic N) is 2. The number of carbonyl (C=O) groups is 1. The molecule has 0 unspecified atom stereocenters. The topological polar surface area (TPSA) is 72.3 Å². The zero-order chi connectivity index (χ0) is 13.7. The maximum atomic E-state index is 10.6. The molecule has 0 radical (unpaired) electrons. The number of aryl methyl sites for hydroxylation is 1. The van der Waals surface area contributed by atoms with E-state index in [0.717, 1.165) is 24.2 Å². The third-order valence-electron chi connectivity index (χ3n) is 3.62. The summed E-state index contributed by atoms with van der Waals surface area (Å²) in [4.78, 5) is 19.5. The summed E-state index contributed by atoms with van der Waals surface area (Å²) >= 11 is 0. The highest BCUT2D eigenvalue weighted by Crippen LogP contribution is 2.31. The molecule has 1 aromatic heterocycles. The van der Waals surface area contributed by atoms with Gasteiger partial charge in [-0.1, -0.05) is 19.3 Å². The molecule has 5 heteroatoms. The first-order chi connectivity index (χ1) is 9.20. The Morgan fingerprint density at radius 3 is 2.79 bits per heavy atom. The van der Waals surface area contributed by atoms with Crippen molar-refractivity contribution < 1.29 is 14.6 Å². The average molecular weight is 264 g/mol. The molecule has 0 atom stereocenters. The molecule has 1 fully saturated rings. The van der Waals surface area contributed by atoms with Crippen molar-refractivity contribution in [1.82, 2.24) is 9.97 Å². The van der Waals surface area contributed by atoms with Gasteiger partial charge in [-0.05, 0) is 19.3 Å². The van der Waals surface area contributed by atoms with Crippen LogP contribution in [-0.4, -0.2) is 28.2 Å². The second-order valence-electron chi connectivity index (χ2n) is 4.99. The fraction of sp³-hybridized carbons (Fsp3) is 0.643. The van der Waals surface area contributed by atoms with Gasteiger partial charge in [0.15, 0.2) is 0 Å². The number of rotatable bonds is 5. The van der Waals surface area contributed by atoms with Gasteiger partial charge in [-0.3, -0.25) is 4.79 Å². The quantitative estimate of drug-likeness (QED) is 0.884. The molecule has 0 aromatic carbocycles. The molecule has 1 aromatic rings. The van der Waals surface area contributed by atoms with Gasteiger partial charge in [0.05, 0.1) is 7.11 Å². The number of hydrogen-bond donors (Lipinski definition) is 1. The molecular weight excluding hydrogens is 244 g/mol.